The lowest BCUT2D eigenvalue weighted by Crippen LogP contribution is -2.07. The molecule has 0 amide bonds. The summed E-state index contributed by atoms with van der Waals surface area (Å²) in [5, 5.41) is 3.18. The number of ketones is 1. The minimum absolute atomic E-state index is 0.0911. The van der Waals surface area contributed by atoms with E-state index in [2.05, 4.69) is 5.32 Å². The van der Waals surface area contributed by atoms with E-state index in [9.17, 15) is 4.79 Å². The second-order valence-electron chi connectivity index (χ2n) is 3.05. The number of ether oxygens (including phenoxy) is 1. The van der Waals surface area contributed by atoms with Crippen LogP contribution in [-0.4, -0.2) is 26.0 Å². The maximum atomic E-state index is 11.0. The predicted molar refractivity (Wildman–Crippen MR) is 56.8 cm³/mol. The van der Waals surface area contributed by atoms with Crippen LogP contribution in [0.15, 0.2) is 24.3 Å². The molecule has 1 aromatic carbocycles. The zero-order valence-electron chi connectivity index (χ0n) is 8.54. The lowest BCUT2D eigenvalue weighted by molar-refractivity contribution is 0.101. The van der Waals surface area contributed by atoms with Gasteiger partial charge in [-0.25, -0.2) is 0 Å². The van der Waals surface area contributed by atoms with Crippen molar-refractivity contribution in [3.63, 3.8) is 0 Å². The predicted octanol–water partition coefficient (Wildman–Crippen LogP) is 1.95. The van der Waals surface area contributed by atoms with E-state index in [4.69, 9.17) is 4.74 Å². The number of rotatable bonds is 5. The smallest absolute Gasteiger partial charge is 0.159 e. The largest absolute Gasteiger partial charge is 0.383 e. The third-order valence-corrected chi connectivity index (χ3v) is 1.93. The summed E-state index contributed by atoms with van der Waals surface area (Å²) in [6.07, 6.45) is 0. The number of methoxy groups -OCH3 is 1. The summed E-state index contributed by atoms with van der Waals surface area (Å²) < 4.78 is 4.91. The van der Waals surface area contributed by atoms with Gasteiger partial charge in [-0.1, -0.05) is 0 Å². The lowest BCUT2D eigenvalue weighted by atomic mass is 10.1. The minimum Gasteiger partial charge on any atom is -0.383 e. The van der Waals surface area contributed by atoms with Crippen LogP contribution in [-0.2, 0) is 4.74 Å². The van der Waals surface area contributed by atoms with Crippen molar-refractivity contribution >= 4 is 11.5 Å². The Morgan fingerprint density at radius 3 is 2.50 bits per heavy atom. The molecule has 1 aromatic rings. The number of Topliss-reactive ketones (excluding diaryl/α,β-unsaturated/α-hetero) is 1. The fourth-order valence-corrected chi connectivity index (χ4v) is 1.12. The number of hydrogen-bond acceptors (Lipinski definition) is 3. The number of anilines is 1. The highest BCUT2D eigenvalue weighted by atomic mass is 16.5. The standard InChI is InChI=1S/C11H15NO2/c1-9(13)10-3-5-11(6-4-10)12-7-8-14-2/h3-6,12H,7-8H2,1-2H3. The Labute approximate surface area is 84.1 Å². The highest BCUT2D eigenvalue weighted by Gasteiger charge is 1.97. The van der Waals surface area contributed by atoms with Gasteiger partial charge in [-0.2, -0.15) is 0 Å². The Morgan fingerprint density at radius 1 is 1.36 bits per heavy atom. The zero-order valence-corrected chi connectivity index (χ0v) is 8.54. The van der Waals surface area contributed by atoms with Crippen molar-refractivity contribution in [3.05, 3.63) is 29.8 Å². The third-order valence-electron chi connectivity index (χ3n) is 1.93. The molecule has 0 aliphatic rings. The zero-order chi connectivity index (χ0) is 10.4. The van der Waals surface area contributed by atoms with E-state index in [0.29, 0.717) is 6.61 Å². The van der Waals surface area contributed by atoms with Crippen LogP contribution >= 0.6 is 0 Å². The minimum atomic E-state index is 0.0911. The summed E-state index contributed by atoms with van der Waals surface area (Å²) in [6, 6.07) is 7.42. The normalized spacial score (nSPS) is 9.86. The van der Waals surface area contributed by atoms with Crippen molar-refractivity contribution in [1.82, 2.24) is 0 Å². The molecule has 0 aromatic heterocycles. The van der Waals surface area contributed by atoms with Gasteiger partial charge in [0.25, 0.3) is 0 Å². The number of benzene rings is 1. The first kappa shape index (κ1) is 10.7. The summed E-state index contributed by atoms with van der Waals surface area (Å²) >= 11 is 0. The molecule has 0 saturated carbocycles. The van der Waals surface area contributed by atoms with E-state index < -0.39 is 0 Å². The molecule has 3 heteroatoms. The number of hydrogen-bond donors (Lipinski definition) is 1. The van der Waals surface area contributed by atoms with Gasteiger partial charge in [0.2, 0.25) is 0 Å². The molecule has 14 heavy (non-hydrogen) atoms. The van der Waals surface area contributed by atoms with E-state index in [1.807, 2.05) is 24.3 Å². The van der Waals surface area contributed by atoms with Crippen molar-refractivity contribution in [3.8, 4) is 0 Å². The van der Waals surface area contributed by atoms with E-state index in [0.717, 1.165) is 17.8 Å². The van der Waals surface area contributed by atoms with Crippen LogP contribution < -0.4 is 5.32 Å². The molecular formula is C11H15NO2. The van der Waals surface area contributed by atoms with Crippen LogP contribution in [0.4, 0.5) is 5.69 Å². The maximum absolute atomic E-state index is 11.0. The fourth-order valence-electron chi connectivity index (χ4n) is 1.12. The Bertz CT molecular complexity index is 293. The average Bonchev–Trinajstić information content (AvgIpc) is 2.19. The monoisotopic (exact) mass is 193 g/mol. The van der Waals surface area contributed by atoms with Crippen molar-refractivity contribution < 1.29 is 9.53 Å². The van der Waals surface area contributed by atoms with Gasteiger partial charge in [0.05, 0.1) is 6.61 Å². The molecule has 3 nitrogen and oxygen atoms in total. The first-order chi connectivity index (χ1) is 6.74. The maximum Gasteiger partial charge on any atom is 0.159 e. The van der Waals surface area contributed by atoms with E-state index in [1.165, 1.54) is 0 Å². The summed E-state index contributed by atoms with van der Waals surface area (Å²) in [4.78, 5) is 11.0. The summed E-state index contributed by atoms with van der Waals surface area (Å²) in [5.74, 6) is 0.0911. The van der Waals surface area contributed by atoms with Crippen LogP contribution in [0.3, 0.4) is 0 Å². The molecule has 0 spiro atoms. The SMILES string of the molecule is COCCNc1ccc(C(C)=O)cc1. The van der Waals surface area contributed by atoms with Gasteiger partial charge in [0, 0.05) is 24.9 Å². The molecule has 0 aliphatic heterocycles. The Balaban J connectivity index is 2.51. The van der Waals surface area contributed by atoms with Crippen molar-refractivity contribution in [2.24, 2.45) is 0 Å². The summed E-state index contributed by atoms with van der Waals surface area (Å²) in [5.41, 5.74) is 1.74. The average molecular weight is 193 g/mol. The van der Waals surface area contributed by atoms with Crippen LogP contribution in [0.1, 0.15) is 17.3 Å². The topological polar surface area (TPSA) is 38.3 Å². The molecule has 0 radical (unpaired) electrons. The van der Waals surface area contributed by atoms with Crippen molar-refractivity contribution in [2.75, 3.05) is 25.6 Å². The molecule has 0 heterocycles. The number of carbonyl (C=O) groups is 1. The van der Waals surface area contributed by atoms with E-state index in [1.54, 1.807) is 14.0 Å². The van der Waals surface area contributed by atoms with Crippen LogP contribution in [0, 0.1) is 0 Å². The van der Waals surface area contributed by atoms with Crippen LogP contribution in [0.5, 0.6) is 0 Å². The molecule has 0 aliphatic carbocycles. The fraction of sp³-hybridized carbons (Fsp3) is 0.364. The van der Waals surface area contributed by atoms with E-state index >= 15 is 0 Å². The molecule has 1 N–H and O–H groups in total. The van der Waals surface area contributed by atoms with Gasteiger partial charge in [-0.3, -0.25) is 4.79 Å². The van der Waals surface area contributed by atoms with Gasteiger partial charge in [-0.15, -0.1) is 0 Å². The highest BCUT2D eigenvalue weighted by molar-refractivity contribution is 5.94. The molecular weight excluding hydrogens is 178 g/mol. The van der Waals surface area contributed by atoms with Crippen LogP contribution in [0.25, 0.3) is 0 Å². The first-order valence-corrected chi connectivity index (χ1v) is 4.58. The first-order valence-electron chi connectivity index (χ1n) is 4.58. The quantitative estimate of drug-likeness (QED) is 0.573. The third kappa shape index (κ3) is 3.18. The molecule has 0 fully saturated rings. The van der Waals surface area contributed by atoms with Crippen molar-refractivity contribution in [1.29, 1.82) is 0 Å². The number of nitrogens with one attached hydrogen (secondary N) is 1. The molecule has 1 rings (SSSR count). The molecule has 0 unspecified atom stereocenters. The number of carbonyl (C=O) groups excluding carboxylic acids is 1. The molecule has 0 bridgehead atoms. The highest BCUT2D eigenvalue weighted by Crippen LogP contribution is 2.09. The van der Waals surface area contributed by atoms with Gasteiger partial charge in [0.15, 0.2) is 5.78 Å². The molecule has 76 valence electrons. The summed E-state index contributed by atoms with van der Waals surface area (Å²) in [7, 11) is 1.67. The van der Waals surface area contributed by atoms with Crippen molar-refractivity contribution in [2.45, 2.75) is 6.92 Å². The van der Waals surface area contributed by atoms with Gasteiger partial charge < -0.3 is 10.1 Å². The second-order valence-corrected chi connectivity index (χ2v) is 3.05. The molecule has 0 saturated heterocycles. The van der Waals surface area contributed by atoms with Crippen LogP contribution in [0.2, 0.25) is 0 Å². The lowest BCUT2D eigenvalue weighted by Gasteiger charge is -2.05. The van der Waals surface area contributed by atoms with Gasteiger partial charge in [-0.05, 0) is 31.2 Å². The van der Waals surface area contributed by atoms with Gasteiger partial charge in [0.1, 0.15) is 0 Å². The second kappa shape index (κ2) is 5.40. The molecule has 0 atom stereocenters. The Morgan fingerprint density at radius 2 is 2.00 bits per heavy atom. The Kier molecular flexibility index (Phi) is 4.13. The summed E-state index contributed by atoms with van der Waals surface area (Å²) in [6.45, 7) is 3.01. The van der Waals surface area contributed by atoms with Gasteiger partial charge >= 0.3 is 0 Å². The Hall–Kier alpha value is -1.35. The van der Waals surface area contributed by atoms with E-state index in [-0.39, 0.29) is 5.78 Å².